The van der Waals surface area contributed by atoms with Crippen LogP contribution in [-0.4, -0.2) is 5.78 Å². The predicted molar refractivity (Wildman–Crippen MR) is 57.0 cm³/mol. The average molecular weight is 205 g/mol. The molecule has 0 bridgehead atoms. The van der Waals surface area contributed by atoms with Crippen LogP contribution in [0, 0.1) is 5.82 Å². The van der Waals surface area contributed by atoms with E-state index in [0.717, 1.165) is 24.2 Å². The Hall–Kier alpha value is -1.64. The molecule has 1 aliphatic carbocycles. The van der Waals surface area contributed by atoms with Crippen LogP contribution in [0.25, 0.3) is 0 Å². The van der Waals surface area contributed by atoms with Gasteiger partial charge < -0.3 is 5.32 Å². The normalized spacial score (nSPS) is 16.1. The third kappa shape index (κ3) is 2.65. The average Bonchev–Trinajstić information content (AvgIpc) is 2.22. The van der Waals surface area contributed by atoms with E-state index in [1.807, 2.05) is 0 Å². The molecule has 0 saturated carbocycles. The van der Waals surface area contributed by atoms with Gasteiger partial charge in [-0.05, 0) is 37.1 Å². The van der Waals surface area contributed by atoms with Crippen LogP contribution < -0.4 is 5.32 Å². The summed E-state index contributed by atoms with van der Waals surface area (Å²) < 4.78 is 12.6. The number of carbonyl (C=O) groups excluding carboxylic acids is 1. The quantitative estimate of drug-likeness (QED) is 0.804. The first-order chi connectivity index (χ1) is 7.24. The van der Waals surface area contributed by atoms with Crippen LogP contribution in [0.15, 0.2) is 36.0 Å². The van der Waals surface area contributed by atoms with Crippen molar-refractivity contribution in [1.82, 2.24) is 0 Å². The molecule has 2 nitrogen and oxygen atoms in total. The number of allylic oxidation sites excluding steroid dienone is 2. The van der Waals surface area contributed by atoms with E-state index in [2.05, 4.69) is 5.32 Å². The smallest absolute Gasteiger partial charge is 0.157 e. The van der Waals surface area contributed by atoms with Gasteiger partial charge in [-0.15, -0.1) is 0 Å². The Bertz CT molecular complexity index is 395. The molecule has 0 fully saturated rings. The standard InChI is InChI=1S/C12H12FNO/c13-9-4-6-10(7-5-9)14-11-2-1-3-12(15)8-11/h4-8,14H,1-3H2. The van der Waals surface area contributed by atoms with Crippen molar-refractivity contribution in [3.63, 3.8) is 0 Å². The van der Waals surface area contributed by atoms with Gasteiger partial charge >= 0.3 is 0 Å². The fourth-order valence-corrected chi connectivity index (χ4v) is 1.61. The number of nitrogens with one attached hydrogen (secondary N) is 1. The molecular weight excluding hydrogens is 193 g/mol. The number of carbonyl (C=O) groups is 1. The molecule has 0 atom stereocenters. The second-order valence-corrected chi connectivity index (χ2v) is 3.62. The molecule has 0 heterocycles. The highest BCUT2D eigenvalue weighted by atomic mass is 19.1. The number of ketones is 1. The van der Waals surface area contributed by atoms with E-state index < -0.39 is 0 Å². The maximum atomic E-state index is 12.6. The van der Waals surface area contributed by atoms with Crippen molar-refractivity contribution in [1.29, 1.82) is 0 Å². The van der Waals surface area contributed by atoms with Gasteiger partial charge in [-0.2, -0.15) is 0 Å². The third-order valence-corrected chi connectivity index (χ3v) is 2.35. The van der Waals surface area contributed by atoms with E-state index in [1.54, 1.807) is 18.2 Å². The van der Waals surface area contributed by atoms with Gasteiger partial charge in [-0.1, -0.05) is 0 Å². The van der Waals surface area contributed by atoms with Crippen LogP contribution in [-0.2, 0) is 4.79 Å². The lowest BCUT2D eigenvalue weighted by Gasteiger charge is -2.14. The predicted octanol–water partition coefficient (Wildman–Crippen LogP) is 2.87. The summed E-state index contributed by atoms with van der Waals surface area (Å²) in [5.41, 5.74) is 1.73. The summed E-state index contributed by atoms with van der Waals surface area (Å²) in [6, 6.07) is 6.12. The number of rotatable bonds is 2. The van der Waals surface area contributed by atoms with Crippen molar-refractivity contribution in [2.45, 2.75) is 19.3 Å². The van der Waals surface area contributed by atoms with Crippen molar-refractivity contribution in [3.05, 3.63) is 41.9 Å². The highest BCUT2D eigenvalue weighted by Crippen LogP contribution is 2.18. The number of halogens is 1. The van der Waals surface area contributed by atoms with Crippen LogP contribution in [0.3, 0.4) is 0 Å². The molecule has 3 heteroatoms. The van der Waals surface area contributed by atoms with Crippen LogP contribution in [0.2, 0.25) is 0 Å². The number of anilines is 1. The largest absolute Gasteiger partial charge is 0.359 e. The summed E-state index contributed by atoms with van der Waals surface area (Å²) in [5, 5.41) is 3.11. The maximum Gasteiger partial charge on any atom is 0.157 e. The molecule has 0 aromatic heterocycles. The summed E-state index contributed by atoms with van der Waals surface area (Å²) >= 11 is 0. The van der Waals surface area contributed by atoms with Crippen molar-refractivity contribution in [3.8, 4) is 0 Å². The molecule has 0 unspecified atom stereocenters. The SMILES string of the molecule is O=C1C=C(Nc2ccc(F)cc2)CCC1. The van der Waals surface area contributed by atoms with Crippen LogP contribution in [0.5, 0.6) is 0 Å². The summed E-state index contributed by atoms with van der Waals surface area (Å²) in [6.07, 6.45) is 4.03. The second kappa shape index (κ2) is 4.26. The lowest BCUT2D eigenvalue weighted by atomic mass is 10.0. The highest BCUT2D eigenvalue weighted by molar-refractivity contribution is 5.91. The van der Waals surface area contributed by atoms with Crippen molar-refractivity contribution < 1.29 is 9.18 Å². The summed E-state index contributed by atoms with van der Waals surface area (Å²) in [6.45, 7) is 0. The maximum absolute atomic E-state index is 12.6. The molecule has 78 valence electrons. The van der Waals surface area contributed by atoms with Gasteiger partial charge in [-0.25, -0.2) is 4.39 Å². The van der Waals surface area contributed by atoms with Gasteiger partial charge in [0.15, 0.2) is 5.78 Å². The number of hydrogen-bond acceptors (Lipinski definition) is 2. The van der Waals surface area contributed by atoms with E-state index in [-0.39, 0.29) is 11.6 Å². The van der Waals surface area contributed by atoms with Crippen LogP contribution >= 0.6 is 0 Å². The Morgan fingerprint density at radius 3 is 2.53 bits per heavy atom. The van der Waals surface area contributed by atoms with E-state index >= 15 is 0 Å². The topological polar surface area (TPSA) is 29.1 Å². The van der Waals surface area contributed by atoms with Gasteiger partial charge in [0.05, 0.1) is 0 Å². The van der Waals surface area contributed by atoms with Crippen molar-refractivity contribution >= 4 is 11.5 Å². The first-order valence-electron chi connectivity index (χ1n) is 5.00. The summed E-state index contributed by atoms with van der Waals surface area (Å²) in [5.74, 6) is -0.0971. The minimum absolute atomic E-state index is 0.158. The Balaban J connectivity index is 2.08. The van der Waals surface area contributed by atoms with Crippen molar-refractivity contribution in [2.75, 3.05) is 5.32 Å². The molecule has 2 rings (SSSR count). The fraction of sp³-hybridized carbons (Fsp3) is 0.250. The number of benzene rings is 1. The second-order valence-electron chi connectivity index (χ2n) is 3.62. The van der Waals surface area contributed by atoms with Gasteiger partial charge in [0.25, 0.3) is 0 Å². The highest BCUT2D eigenvalue weighted by Gasteiger charge is 2.09. The van der Waals surface area contributed by atoms with E-state index in [1.165, 1.54) is 12.1 Å². The van der Waals surface area contributed by atoms with Gasteiger partial charge in [-0.3, -0.25) is 4.79 Å². The molecule has 0 radical (unpaired) electrons. The van der Waals surface area contributed by atoms with E-state index in [9.17, 15) is 9.18 Å². The zero-order chi connectivity index (χ0) is 10.7. The molecule has 1 aliphatic rings. The van der Waals surface area contributed by atoms with Gasteiger partial charge in [0.1, 0.15) is 5.82 Å². The minimum Gasteiger partial charge on any atom is -0.359 e. The first kappa shape index (κ1) is 9.90. The summed E-state index contributed by atoms with van der Waals surface area (Å²) in [7, 11) is 0. The van der Waals surface area contributed by atoms with Crippen LogP contribution in [0.1, 0.15) is 19.3 Å². The Labute approximate surface area is 87.8 Å². The zero-order valence-corrected chi connectivity index (χ0v) is 8.29. The number of hydrogen-bond donors (Lipinski definition) is 1. The zero-order valence-electron chi connectivity index (χ0n) is 8.29. The van der Waals surface area contributed by atoms with E-state index in [0.29, 0.717) is 6.42 Å². The molecule has 1 N–H and O–H groups in total. The summed E-state index contributed by atoms with van der Waals surface area (Å²) in [4.78, 5) is 11.1. The monoisotopic (exact) mass is 205 g/mol. The molecule has 0 saturated heterocycles. The fourth-order valence-electron chi connectivity index (χ4n) is 1.61. The lowest BCUT2D eigenvalue weighted by Crippen LogP contribution is -2.08. The Morgan fingerprint density at radius 1 is 1.13 bits per heavy atom. The first-order valence-corrected chi connectivity index (χ1v) is 5.00. The Kier molecular flexibility index (Phi) is 2.81. The molecular formula is C12H12FNO. The minimum atomic E-state index is -0.255. The molecule has 1 aromatic rings. The van der Waals surface area contributed by atoms with Crippen LogP contribution in [0.4, 0.5) is 10.1 Å². The molecule has 0 amide bonds. The molecule has 0 spiro atoms. The van der Waals surface area contributed by atoms with Gasteiger partial charge in [0.2, 0.25) is 0 Å². The molecule has 15 heavy (non-hydrogen) atoms. The molecule has 1 aromatic carbocycles. The van der Waals surface area contributed by atoms with Crippen molar-refractivity contribution in [2.24, 2.45) is 0 Å². The van der Waals surface area contributed by atoms with E-state index in [4.69, 9.17) is 0 Å². The molecule has 0 aliphatic heterocycles. The Morgan fingerprint density at radius 2 is 1.87 bits per heavy atom. The third-order valence-electron chi connectivity index (χ3n) is 2.35. The van der Waals surface area contributed by atoms with Gasteiger partial charge in [0, 0.05) is 23.9 Å². The lowest BCUT2D eigenvalue weighted by molar-refractivity contribution is -0.115.